The van der Waals surface area contributed by atoms with Gasteiger partial charge in [0.05, 0.1) is 6.54 Å². The van der Waals surface area contributed by atoms with E-state index < -0.39 is 12.7 Å². The molecule has 0 aromatic heterocycles. The Morgan fingerprint density at radius 2 is 2.14 bits per heavy atom. The topological polar surface area (TPSA) is 32.3 Å². The molecule has 3 nitrogen and oxygen atoms in total. The number of piperidine rings is 1. The molecule has 0 saturated carbocycles. The standard InChI is InChI=1S/C15H27F3N2O/c1-3-4-6-12(2)14(21)19-9-13-7-5-8-20(10-13)11-15(16,17)18/h12-13H,3-11H2,1-2H3,(H,19,21)/t12-,13-/m0/s1. The molecular formula is C15H27F3N2O. The fourth-order valence-corrected chi connectivity index (χ4v) is 2.78. The Balaban J connectivity index is 2.29. The summed E-state index contributed by atoms with van der Waals surface area (Å²) in [6.45, 7) is 4.55. The van der Waals surface area contributed by atoms with Crippen molar-refractivity contribution < 1.29 is 18.0 Å². The molecule has 0 aliphatic carbocycles. The highest BCUT2D eigenvalue weighted by Crippen LogP contribution is 2.22. The molecule has 124 valence electrons. The lowest BCUT2D eigenvalue weighted by molar-refractivity contribution is -0.149. The zero-order valence-corrected chi connectivity index (χ0v) is 13.0. The number of alkyl halides is 3. The van der Waals surface area contributed by atoms with Crippen molar-refractivity contribution in [3.05, 3.63) is 0 Å². The molecule has 0 aromatic carbocycles. The van der Waals surface area contributed by atoms with E-state index in [9.17, 15) is 18.0 Å². The van der Waals surface area contributed by atoms with Crippen molar-refractivity contribution in [2.45, 2.75) is 52.1 Å². The first kappa shape index (κ1) is 18.3. The maximum atomic E-state index is 12.4. The van der Waals surface area contributed by atoms with Crippen molar-refractivity contribution in [3.63, 3.8) is 0 Å². The Morgan fingerprint density at radius 1 is 1.43 bits per heavy atom. The third kappa shape index (κ3) is 7.69. The normalized spacial score (nSPS) is 22.0. The summed E-state index contributed by atoms with van der Waals surface area (Å²) in [6, 6.07) is 0. The van der Waals surface area contributed by atoms with Crippen LogP contribution in [-0.2, 0) is 4.79 Å². The lowest BCUT2D eigenvalue weighted by Crippen LogP contribution is -2.45. The van der Waals surface area contributed by atoms with Gasteiger partial charge in [-0.25, -0.2) is 0 Å². The highest BCUT2D eigenvalue weighted by Gasteiger charge is 2.33. The second-order valence-corrected chi connectivity index (χ2v) is 6.15. The molecule has 0 aromatic rings. The lowest BCUT2D eigenvalue weighted by Gasteiger charge is -2.33. The van der Waals surface area contributed by atoms with Gasteiger partial charge in [-0.15, -0.1) is 0 Å². The molecule has 1 heterocycles. The van der Waals surface area contributed by atoms with E-state index in [0.717, 1.165) is 32.1 Å². The average Bonchev–Trinajstić information content (AvgIpc) is 2.40. The fraction of sp³-hybridized carbons (Fsp3) is 0.933. The first-order valence-electron chi connectivity index (χ1n) is 7.88. The van der Waals surface area contributed by atoms with Crippen molar-refractivity contribution in [3.8, 4) is 0 Å². The monoisotopic (exact) mass is 308 g/mol. The molecule has 2 atom stereocenters. The van der Waals surface area contributed by atoms with E-state index in [1.54, 1.807) is 0 Å². The summed E-state index contributed by atoms with van der Waals surface area (Å²) < 4.78 is 37.2. The van der Waals surface area contributed by atoms with E-state index in [2.05, 4.69) is 12.2 Å². The van der Waals surface area contributed by atoms with Gasteiger partial charge in [0.1, 0.15) is 0 Å². The number of amides is 1. The minimum atomic E-state index is -4.14. The molecule has 0 spiro atoms. The molecule has 0 bridgehead atoms. The van der Waals surface area contributed by atoms with Crippen LogP contribution in [0.15, 0.2) is 0 Å². The van der Waals surface area contributed by atoms with Crippen LogP contribution in [0.2, 0.25) is 0 Å². The summed E-state index contributed by atoms with van der Waals surface area (Å²) in [6.07, 6.45) is 0.469. The van der Waals surface area contributed by atoms with Crippen LogP contribution in [0.1, 0.15) is 46.0 Å². The predicted molar refractivity (Wildman–Crippen MR) is 76.9 cm³/mol. The van der Waals surface area contributed by atoms with E-state index in [0.29, 0.717) is 19.6 Å². The molecule has 1 amide bonds. The zero-order chi connectivity index (χ0) is 15.9. The Labute approximate surface area is 125 Å². The van der Waals surface area contributed by atoms with Crippen molar-refractivity contribution >= 4 is 5.91 Å². The molecular weight excluding hydrogens is 281 g/mol. The van der Waals surface area contributed by atoms with E-state index in [1.165, 1.54) is 4.90 Å². The van der Waals surface area contributed by atoms with Crippen molar-refractivity contribution in [2.75, 3.05) is 26.2 Å². The summed E-state index contributed by atoms with van der Waals surface area (Å²) >= 11 is 0. The van der Waals surface area contributed by atoms with E-state index >= 15 is 0 Å². The van der Waals surface area contributed by atoms with Crippen LogP contribution < -0.4 is 5.32 Å². The largest absolute Gasteiger partial charge is 0.401 e. The SMILES string of the molecule is CCCC[C@H](C)C(=O)NC[C@@H]1CCCN(CC(F)(F)F)C1. The lowest BCUT2D eigenvalue weighted by atomic mass is 9.97. The summed E-state index contributed by atoms with van der Waals surface area (Å²) in [5.41, 5.74) is 0. The molecule has 1 fully saturated rings. The Morgan fingerprint density at radius 3 is 2.76 bits per heavy atom. The third-order valence-corrected chi connectivity index (χ3v) is 4.01. The van der Waals surface area contributed by atoms with E-state index in [4.69, 9.17) is 0 Å². The summed E-state index contributed by atoms with van der Waals surface area (Å²) in [5, 5.41) is 2.90. The smallest absolute Gasteiger partial charge is 0.356 e. The summed E-state index contributed by atoms with van der Waals surface area (Å²) in [7, 11) is 0. The molecule has 21 heavy (non-hydrogen) atoms. The number of likely N-dealkylation sites (tertiary alicyclic amines) is 1. The number of halogens is 3. The highest BCUT2D eigenvalue weighted by molar-refractivity contribution is 5.78. The van der Waals surface area contributed by atoms with Crippen LogP contribution in [0.25, 0.3) is 0 Å². The third-order valence-electron chi connectivity index (χ3n) is 4.01. The number of carbonyl (C=O) groups is 1. The molecule has 1 aliphatic rings. The van der Waals surface area contributed by atoms with Gasteiger partial charge in [-0.2, -0.15) is 13.2 Å². The van der Waals surface area contributed by atoms with Gasteiger partial charge in [0.25, 0.3) is 0 Å². The molecule has 6 heteroatoms. The number of unbranched alkanes of at least 4 members (excludes halogenated alkanes) is 1. The Bertz CT molecular complexity index is 321. The summed E-state index contributed by atoms with van der Waals surface area (Å²) in [5.74, 6) is 0.139. The van der Waals surface area contributed by atoms with Crippen LogP contribution in [0.3, 0.4) is 0 Å². The van der Waals surface area contributed by atoms with Crippen LogP contribution in [0, 0.1) is 11.8 Å². The van der Waals surface area contributed by atoms with E-state index in [1.807, 2.05) is 6.92 Å². The Hall–Kier alpha value is -0.780. The maximum Gasteiger partial charge on any atom is 0.401 e. The quantitative estimate of drug-likeness (QED) is 0.783. The first-order valence-corrected chi connectivity index (χ1v) is 7.88. The fourth-order valence-electron chi connectivity index (χ4n) is 2.78. The van der Waals surface area contributed by atoms with Gasteiger partial charge in [-0.05, 0) is 31.7 Å². The van der Waals surface area contributed by atoms with Crippen LogP contribution >= 0.6 is 0 Å². The molecule has 0 radical (unpaired) electrons. The maximum absolute atomic E-state index is 12.4. The van der Waals surface area contributed by atoms with Gasteiger partial charge in [0.2, 0.25) is 5.91 Å². The first-order chi connectivity index (χ1) is 9.81. The second kappa shape index (κ2) is 8.61. The minimum Gasteiger partial charge on any atom is -0.356 e. The van der Waals surface area contributed by atoms with Crippen molar-refractivity contribution in [1.82, 2.24) is 10.2 Å². The van der Waals surface area contributed by atoms with Crippen LogP contribution in [-0.4, -0.2) is 43.2 Å². The number of carbonyl (C=O) groups excluding carboxylic acids is 1. The van der Waals surface area contributed by atoms with Gasteiger partial charge in [-0.1, -0.05) is 26.7 Å². The number of hydrogen-bond acceptors (Lipinski definition) is 2. The van der Waals surface area contributed by atoms with Gasteiger partial charge < -0.3 is 5.32 Å². The molecule has 1 rings (SSSR count). The van der Waals surface area contributed by atoms with Gasteiger partial charge in [0, 0.05) is 19.0 Å². The molecule has 0 unspecified atom stereocenters. The van der Waals surface area contributed by atoms with Gasteiger partial charge in [0.15, 0.2) is 0 Å². The molecule has 1 aliphatic heterocycles. The Kier molecular flexibility index (Phi) is 7.49. The highest BCUT2D eigenvalue weighted by atomic mass is 19.4. The van der Waals surface area contributed by atoms with Gasteiger partial charge >= 0.3 is 6.18 Å². The number of hydrogen-bond donors (Lipinski definition) is 1. The molecule has 1 saturated heterocycles. The van der Waals surface area contributed by atoms with E-state index in [-0.39, 0.29) is 17.7 Å². The van der Waals surface area contributed by atoms with Gasteiger partial charge in [-0.3, -0.25) is 9.69 Å². The summed E-state index contributed by atoms with van der Waals surface area (Å²) in [4.78, 5) is 13.3. The van der Waals surface area contributed by atoms with Crippen LogP contribution in [0.5, 0.6) is 0 Å². The minimum absolute atomic E-state index is 0.0141. The predicted octanol–water partition coefficient (Wildman–Crippen LogP) is 3.20. The molecule has 1 N–H and O–H groups in total. The number of nitrogens with zero attached hydrogens (tertiary/aromatic N) is 1. The van der Waals surface area contributed by atoms with Crippen LogP contribution in [0.4, 0.5) is 13.2 Å². The number of rotatable bonds is 7. The van der Waals surface area contributed by atoms with Crippen molar-refractivity contribution in [2.24, 2.45) is 11.8 Å². The second-order valence-electron chi connectivity index (χ2n) is 6.15. The van der Waals surface area contributed by atoms with Crippen molar-refractivity contribution in [1.29, 1.82) is 0 Å². The number of nitrogens with one attached hydrogen (secondary N) is 1. The average molecular weight is 308 g/mol. The zero-order valence-electron chi connectivity index (χ0n) is 13.0.